The number of rotatable bonds is 10. The molecule has 2 aromatic rings. The number of ether oxygens (including phenoxy) is 1. The molecule has 1 unspecified atom stereocenters. The van der Waals surface area contributed by atoms with Crippen LogP contribution in [0.2, 0.25) is 0 Å². The monoisotopic (exact) mass is 499 g/mol. The van der Waals surface area contributed by atoms with Crippen LogP contribution >= 0.6 is 23.3 Å². The first-order valence-corrected chi connectivity index (χ1v) is 12.7. The molecule has 0 bridgehead atoms. The first-order valence-electron chi connectivity index (χ1n) is 10.9. The van der Waals surface area contributed by atoms with E-state index in [1.54, 1.807) is 14.0 Å². The van der Waals surface area contributed by atoms with Crippen LogP contribution in [0.1, 0.15) is 59.1 Å². The molecule has 33 heavy (non-hydrogen) atoms. The number of amides is 1. The Morgan fingerprint density at radius 2 is 2.15 bits per heavy atom. The summed E-state index contributed by atoms with van der Waals surface area (Å²) in [5, 5.41) is 10.4. The third-order valence-corrected chi connectivity index (χ3v) is 7.62. The zero-order valence-corrected chi connectivity index (χ0v) is 20.1. The van der Waals surface area contributed by atoms with Gasteiger partial charge < -0.3 is 15.4 Å². The van der Waals surface area contributed by atoms with Crippen molar-refractivity contribution in [1.29, 1.82) is 0 Å². The van der Waals surface area contributed by atoms with Crippen molar-refractivity contribution in [2.24, 2.45) is 13.0 Å². The van der Waals surface area contributed by atoms with Crippen molar-refractivity contribution >= 4 is 46.0 Å². The lowest BCUT2D eigenvalue weighted by atomic mass is 9.92. The number of halogens is 2. The largest absolute Gasteiger partial charge is 0.462 e. The molecule has 4 rings (SSSR count). The Kier molecular flexibility index (Phi) is 7.55. The quantitative estimate of drug-likeness (QED) is 0.196. The second-order valence-electron chi connectivity index (χ2n) is 8.09. The van der Waals surface area contributed by atoms with E-state index >= 15 is 0 Å². The molecular formula is C21H27F2N5O3S2. The van der Waals surface area contributed by atoms with Crippen LogP contribution in [0.5, 0.6) is 0 Å². The average Bonchev–Trinajstić information content (AvgIpc) is 3.47. The van der Waals surface area contributed by atoms with E-state index in [2.05, 4.69) is 20.5 Å². The third kappa shape index (κ3) is 5.67. The molecule has 1 saturated carbocycles. The van der Waals surface area contributed by atoms with Gasteiger partial charge in [-0.2, -0.15) is 5.10 Å². The molecule has 0 aliphatic heterocycles. The van der Waals surface area contributed by atoms with E-state index in [0.717, 1.165) is 36.1 Å². The first-order chi connectivity index (χ1) is 15.9. The van der Waals surface area contributed by atoms with Crippen molar-refractivity contribution in [2.75, 3.05) is 23.1 Å². The molecule has 0 spiro atoms. The highest BCUT2D eigenvalue weighted by Crippen LogP contribution is 2.40. The Bertz CT molecular complexity index is 1020. The number of aromatic nitrogens is 2. The van der Waals surface area contributed by atoms with Crippen LogP contribution in [0.3, 0.4) is 0 Å². The molecule has 12 heteroatoms. The molecule has 2 aliphatic carbocycles. The number of fused-ring (bicyclic) bond motifs is 1. The number of thiophene rings is 1. The van der Waals surface area contributed by atoms with Gasteiger partial charge in [-0.1, -0.05) is 11.9 Å². The maximum Gasteiger partial charge on any atom is 0.341 e. The molecule has 2 aliphatic rings. The first kappa shape index (κ1) is 24.0. The summed E-state index contributed by atoms with van der Waals surface area (Å²) < 4.78 is 35.7. The second-order valence-corrected chi connectivity index (χ2v) is 10.0. The van der Waals surface area contributed by atoms with Crippen LogP contribution in [-0.2, 0) is 29.4 Å². The number of hydrogen-bond donors (Lipinski definition) is 3. The molecule has 0 saturated heterocycles. The van der Waals surface area contributed by atoms with Gasteiger partial charge in [0.25, 0.3) is 6.43 Å². The van der Waals surface area contributed by atoms with E-state index in [1.165, 1.54) is 34.0 Å². The van der Waals surface area contributed by atoms with Crippen molar-refractivity contribution in [1.82, 2.24) is 14.5 Å². The lowest BCUT2D eigenvalue weighted by molar-refractivity contribution is -0.117. The van der Waals surface area contributed by atoms with Crippen molar-refractivity contribution in [3.63, 3.8) is 0 Å². The van der Waals surface area contributed by atoms with E-state index in [9.17, 15) is 18.4 Å². The Morgan fingerprint density at radius 1 is 1.36 bits per heavy atom. The number of nitrogens with one attached hydrogen (secondary N) is 3. The van der Waals surface area contributed by atoms with Crippen molar-refractivity contribution in [2.45, 2.75) is 51.5 Å². The molecule has 1 amide bonds. The Balaban J connectivity index is 1.37. The number of anilines is 2. The number of aryl methyl sites for hydroxylation is 2. The zero-order chi connectivity index (χ0) is 23.5. The minimum atomic E-state index is -2.60. The Labute approximate surface area is 199 Å². The summed E-state index contributed by atoms with van der Waals surface area (Å²) in [6, 6.07) is 1.47. The molecule has 2 heterocycles. The van der Waals surface area contributed by atoms with Gasteiger partial charge in [0.15, 0.2) is 0 Å². The summed E-state index contributed by atoms with van der Waals surface area (Å²) in [7, 11) is 1.61. The molecule has 1 fully saturated rings. The maximum absolute atomic E-state index is 12.8. The standard InChI is InChI=1S/C21H27F2N5O3S2/c1-3-31-21(30)17-13-8-12(6-7-15(13)33-20(17)25-19(29)11-4-5-11)27-32-10-24-16-9-14(18(22)23)26-28(16)2/h9,11-12,18,24,27H,3-8,10H2,1-2H3,(H,25,29). The minimum Gasteiger partial charge on any atom is -0.462 e. The number of carbonyl (C=O) groups is 2. The number of alkyl halides is 2. The van der Waals surface area contributed by atoms with Gasteiger partial charge in [0.1, 0.15) is 16.5 Å². The molecule has 3 N–H and O–H groups in total. The van der Waals surface area contributed by atoms with Crippen molar-refractivity contribution < 1.29 is 23.1 Å². The summed E-state index contributed by atoms with van der Waals surface area (Å²) >= 11 is 2.91. The predicted octanol–water partition coefficient (Wildman–Crippen LogP) is 4.11. The van der Waals surface area contributed by atoms with Gasteiger partial charge in [-0.25, -0.2) is 13.6 Å². The van der Waals surface area contributed by atoms with Gasteiger partial charge in [0, 0.05) is 30.0 Å². The van der Waals surface area contributed by atoms with E-state index < -0.39 is 12.4 Å². The number of hydrogen-bond acceptors (Lipinski definition) is 8. The second kappa shape index (κ2) is 10.4. The molecule has 0 aromatic carbocycles. The summed E-state index contributed by atoms with van der Waals surface area (Å²) in [6.45, 7) is 2.03. The molecule has 2 aromatic heterocycles. The van der Waals surface area contributed by atoms with Crippen LogP contribution in [0.25, 0.3) is 0 Å². The normalized spacial score (nSPS) is 17.7. The van der Waals surface area contributed by atoms with Crippen LogP contribution in [-0.4, -0.2) is 40.2 Å². The smallest absolute Gasteiger partial charge is 0.341 e. The van der Waals surface area contributed by atoms with Gasteiger partial charge in [0.2, 0.25) is 5.91 Å². The fourth-order valence-electron chi connectivity index (χ4n) is 3.78. The number of esters is 1. The average molecular weight is 500 g/mol. The Hall–Kier alpha value is -2.18. The van der Waals surface area contributed by atoms with Crippen molar-refractivity contribution in [3.8, 4) is 0 Å². The maximum atomic E-state index is 12.8. The highest BCUT2D eigenvalue weighted by atomic mass is 32.2. The number of carbonyl (C=O) groups excluding carboxylic acids is 2. The van der Waals surface area contributed by atoms with E-state index in [1.807, 2.05) is 0 Å². The molecule has 8 nitrogen and oxygen atoms in total. The van der Waals surface area contributed by atoms with Crippen LogP contribution in [0.4, 0.5) is 19.6 Å². The highest BCUT2D eigenvalue weighted by Gasteiger charge is 2.34. The predicted molar refractivity (Wildman–Crippen MR) is 125 cm³/mol. The molecule has 0 radical (unpaired) electrons. The lowest BCUT2D eigenvalue weighted by Gasteiger charge is -2.23. The zero-order valence-electron chi connectivity index (χ0n) is 18.5. The van der Waals surface area contributed by atoms with Crippen LogP contribution in [0.15, 0.2) is 6.07 Å². The molecule has 180 valence electrons. The summed E-state index contributed by atoms with van der Waals surface area (Å²) in [4.78, 5) is 26.1. The minimum absolute atomic E-state index is 0.0272. The van der Waals surface area contributed by atoms with Gasteiger partial charge in [-0.05, 0) is 44.6 Å². The summed E-state index contributed by atoms with van der Waals surface area (Å²) in [5.74, 6) is 0.600. The summed E-state index contributed by atoms with van der Waals surface area (Å²) in [5.41, 5.74) is 1.16. The van der Waals surface area contributed by atoms with Crippen LogP contribution in [0, 0.1) is 5.92 Å². The Morgan fingerprint density at radius 3 is 2.82 bits per heavy atom. The van der Waals surface area contributed by atoms with Crippen LogP contribution < -0.4 is 15.4 Å². The van der Waals surface area contributed by atoms with E-state index in [4.69, 9.17) is 4.74 Å². The fraction of sp³-hybridized carbons (Fsp3) is 0.571. The van der Waals surface area contributed by atoms with E-state index in [-0.39, 0.29) is 30.2 Å². The molecular weight excluding hydrogens is 472 g/mol. The van der Waals surface area contributed by atoms with Gasteiger partial charge in [0.05, 0.1) is 18.0 Å². The SMILES string of the molecule is CCOC(=O)c1c(NC(=O)C2CC2)sc2c1CC(NSCNc1cc(C(F)F)nn1C)CC2. The van der Waals surface area contributed by atoms with Gasteiger partial charge in [-0.15, -0.1) is 11.3 Å². The highest BCUT2D eigenvalue weighted by molar-refractivity contribution is 7.97. The van der Waals surface area contributed by atoms with E-state index in [0.29, 0.717) is 28.7 Å². The lowest BCUT2D eigenvalue weighted by Crippen LogP contribution is -2.31. The van der Waals surface area contributed by atoms with Crippen molar-refractivity contribution in [3.05, 3.63) is 27.8 Å². The van der Waals surface area contributed by atoms with Gasteiger partial charge in [-0.3, -0.25) is 14.2 Å². The summed E-state index contributed by atoms with van der Waals surface area (Å²) in [6.07, 6.45) is 1.52. The topological polar surface area (TPSA) is 97.3 Å². The fourth-order valence-corrected chi connectivity index (χ4v) is 5.76. The molecule has 1 atom stereocenters. The van der Waals surface area contributed by atoms with Gasteiger partial charge >= 0.3 is 5.97 Å². The third-order valence-electron chi connectivity index (χ3n) is 5.62. The number of nitrogens with zero attached hydrogens (tertiary/aromatic N) is 2.